The van der Waals surface area contributed by atoms with Crippen LogP contribution in [0.5, 0.6) is 0 Å². The number of fused-ring (bicyclic) bond motifs is 3. The summed E-state index contributed by atoms with van der Waals surface area (Å²) in [5.41, 5.74) is 15.6. The molecule has 0 aromatic heterocycles. The number of allylic oxidation sites excluding steroid dienone is 4. The third-order valence-corrected chi connectivity index (χ3v) is 9.31. The second-order valence-corrected chi connectivity index (χ2v) is 11.6. The second-order valence-electron chi connectivity index (χ2n) is 11.6. The van der Waals surface area contributed by atoms with Gasteiger partial charge in [-0.15, -0.1) is 0 Å². The predicted octanol–water partition coefficient (Wildman–Crippen LogP) is 4.82. The Balaban J connectivity index is 0.00000139. The minimum atomic E-state index is -0.452. The van der Waals surface area contributed by atoms with Crippen molar-refractivity contribution in [1.29, 1.82) is 0 Å². The van der Waals surface area contributed by atoms with Crippen LogP contribution in [0.3, 0.4) is 0 Å². The number of hydrogen-bond donors (Lipinski definition) is 0. The van der Waals surface area contributed by atoms with Gasteiger partial charge in [-0.25, -0.2) is 0 Å². The van der Waals surface area contributed by atoms with Gasteiger partial charge in [0.05, 0.1) is 5.41 Å². The Morgan fingerprint density at radius 3 is 1.57 bits per heavy atom. The average molecular weight is 711 g/mol. The van der Waals surface area contributed by atoms with E-state index in [2.05, 4.69) is 170 Å². The van der Waals surface area contributed by atoms with Gasteiger partial charge in [-0.2, -0.15) is 0 Å². The van der Waals surface area contributed by atoms with Crippen LogP contribution in [-0.2, 0) is 38.0 Å². The monoisotopic (exact) mass is 708 g/mol. The Kier molecular flexibility index (Phi) is 10.5. The molecule has 0 nitrogen and oxygen atoms in total. The maximum absolute atomic E-state index is 2.42. The smallest absolute Gasteiger partial charge is 1.00 e. The van der Waals surface area contributed by atoms with Crippen molar-refractivity contribution < 1.29 is 51.0 Å². The summed E-state index contributed by atoms with van der Waals surface area (Å²) in [5, 5.41) is 0. The third-order valence-electron chi connectivity index (χ3n) is 9.31. The Hall–Kier alpha value is -3.74. The van der Waals surface area contributed by atoms with Gasteiger partial charge in [-0.1, -0.05) is 170 Å². The molecule has 0 fully saturated rings. The summed E-state index contributed by atoms with van der Waals surface area (Å²) < 4.78 is 0. The van der Waals surface area contributed by atoms with Gasteiger partial charge in [0.25, 0.3) is 0 Å². The molecule has 0 radical (unpaired) electrons. The summed E-state index contributed by atoms with van der Waals surface area (Å²) in [6.07, 6.45) is 8.74. The zero-order chi connectivity index (χ0) is 28.6. The van der Waals surface area contributed by atoms with Gasteiger partial charge in [0, 0.05) is 0 Å². The van der Waals surface area contributed by atoms with Crippen molar-refractivity contribution in [2.24, 2.45) is 0 Å². The Morgan fingerprint density at radius 2 is 1.00 bits per heavy atom. The van der Waals surface area contributed by atoms with Crippen LogP contribution in [0.4, 0.5) is 0 Å². The molecule has 6 aromatic rings. The molecule has 0 aliphatic heterocycles. The fraction of sp³-hybridized carbons (Fsp3) is 0.0698. The first-order valence-corrected chi connectivity index (χ1v) is 15.2. The van der Waals surface area contributed by atoms with Crippen LogP contribution < -0.4 is 24.8 Å². The molecule has 0 saturated carbocycles. The average Bonchev–Trinajstić information content (AvgIpc) is 3.76. The number of rotatable bonds is 6. The van der Waals surface area contributed by atoms with Gasteiger partial charge in [0.15, 0.2) is 0 Å². The quantitative estimate of drug-likeness (QED) is 0.218. The summed E-state index contributed by atoms with van der Waals surface area (Å²) in [6.45, 7) is 0. The SMILES string of the molecule is C1=CCC(C(c2ccccc2)(c2ccccc2)c2c(-c3ccccc3)ccc3c2Cc2cc(-c4ccccc4)ccc2-3)=C1.[Cl-].[Cl-].[Zr+2]. The van der Waals surface area contributed by atoms with E-state index in [9.17, 15) is 0 Å². The van der Waals surface area contributed by atoms with Crippen LogP contribution in [0.2, 0.25) is 0 Å². The van der Waals surface area contributed by atoms with Crippen molar-refractivity contribution in [2.75, 3.05) is 0 Å². The van der Waals surface area contributed by atoms with E-state index in [0.29, 0.717) is 0 Å². The minimum absolute atomic E-state index is 0. The molecule has 46 heavy (non-hydrogen) atoms. The molecule has 8 rings (SSSR count). The van der Waals surface area contributed by atoms with Crippen LogP contribution in [0.1, 0.15) is 34.2 Å². The van der Waals surface area contributed by atoms with E-state index < -0.39 is 5.41 Å². The van der Waals surface area contributed by atoms with Crippen molar-refractivity contribution in [3.8, 4) is 33.4 Å². The third kappa shape index (κ3) is 5.60. The summed E-state index contributed by atoms with van der Waals surface area (Å²) in [4.78, 5) is 0. The van der Waals surface area contributed by atoms with E-state index in [1.807, 2.05) is 0 Å². The fourth-order valence-corrected chi connectivity index (χ4v) is 7.46. The van der Waals surface area contributed by atoms with Crippen molar-refractivity contribution >= 4 is 0 Å². The molecule has 2 aliphatic rings. The minimum Gasteiger partial charge on any atom is -1.00 e. The van der Waals surface area contributed by atoms with Crippen LogP contribution >= 0.6 is 0 Å². The van der Waals surface area contributed by atoms with E-state index in [4.69, 9.17) is 0 Å². The largest absolute Gasteiger partial charge is 2.00 e. The normalized spacial score (nSPS) is 12.6. The molecule has 0 saturated heterocycles. The fourth-order valence-electron chi connectivity index (χ4n) is 7.46. The Bertz CT molecular complexity index is 1960. The summed E-state index contributed by atoms with van der Waals surface area (Å²) in [5.74, 6) is 0. The van der Waals surface area contributed by atoms with E-state index >= 15 is 0 Å². The molecule has 2 aliphatic carbocycles. The standard InChI is InChI=1S/C43H32.2ClH.Zr/c1-5-15-31(16-6-1)33-25-26-38-34(29-33)30-41-40(38)28-27-39(32-17-7-2-8-18-32)42(41)43(37-23-13-14-24-37,35-19-9-3-10-20-35)36-21-11-4-12-22-36;;;/h1-23,25-29H,24,30H2;2*1H;/q;;;+2/p-2. The first-order valence-electron chi connectivity index (χ1n) is 15.2. The van der Waals surface area contributed by atoms with Crippen molar-refractivity contribution in [1.82, 2.24) is 0 Å². The maximum Gasteiger partial charge on any atom is 2.00 e. The molecular weight excluding hydrogens is 679 g/mol. The molecule has 0 bridgehead atoms. The molecule has 3 heteroatoms. The van der Waals surface area contributed by atoms with E-state index in [0.717, 1.165) is 12.8 Å². The van der Waals surface area contributed by atoms with Crippen LogP contribution in [-0.4, -0.2) is 0 Å². The summed E-state index contributed by atoms with van der Waals surface area (Å²) in [7, 11) is 0. The topological polar surface area (TPSA) is 0 Å². The van der Waals surface area contributed by atoms with Crippen molar-refractivity contribution in [2.45, 2.75) is 18.3 Å². The van der Waals surface area contributed by atoms with Crippen molar-refractivity contribution in [3.05, 3.63) is 203 Å². The number of hydrogen-bond acceptors (Lipinski definition) is 0. The molecule has 0 amide bonds. The van der Waals surface area contributed by atoms with Crippen LogP contribution in [0.25, 0.3) is 33.4 Å². The zero-order valence-corrected chi connectivity index (χ0v) is 29.3. The molecular formula is C43H32Cl2Zr. The first-order chi connectivity index (χ1) is 21.3. The second kappa shape index (κ2) is 14.4. The van der Waals surface area contributed by atoms with Gasteiger partial charge >= 0.3 is 26.2 Å². The predicted molar refractivity (Wildman–Crippen MR) is 180 cm³/mol. The zero-order valence-electron chi connectivity index (χ0n) is 25.3. The molecule has 0 spiro atoms. The molecule has 6 aromatic carbocycles. The Labute approximate surface area is 303 Å². The molecule has 0 atom stereocenters. The van der Waals surface area contributed by atoms with Crippen LogP contribution in [0, 0.1) is 0 Å². The van der Waals surface area contributed by atoms with E-state index in [1.54, 1.807) is 0 Å². The molecule has 0 unspecified atom stereocenters. The van der Waals surface area contributed by atoms with Gasteiger partial charge in [-0.05, 0) is 79.6 Å². The summed E-state index contributed by atoms with van der Waals surface area (Å²) in [6, 6.07) is 55.9. The Morgan fingerprint density at radius 1 is 0.478 bits per heavy atom. The maximum atomic E-state index is 2.42. The van der Waals surface area contributed by atoms with Gasteiger partial charge in [-0.3, -0.25) is 0 Å². The van der Waals surface area contributed by atoms with E-state index in [1.165, 1.54) is 66.8 Å². The van der Waals surface area contributed by atoms with Crippen molar-refractivity contribution in [3.63, 3.8) is 0 Å². The summed E-state index contributed by atoms with van der Waals surface area (Å²) >= 11 is 0. The van der Waals surface area contributed by atoms with Gasteiger partial charge in [0.1, 0.15) is 0 Å². The number of halogens is 2. The molecule has 0 N–H and O–H groups in total. The van der Waals surface area contributed by atoms with Crippen LogP contribution in [0.15, 0.2) is 175 Å². The van der Waals surface area contributed by atoms with E-state index in [-0.39, 0.29) is 51.0 Å². The number of benzene rings is 6. The molecule has 0 heterocycles. The molecule has 222 valence electrons. The van der Waals surface area contributed by atoms with Gasteiger partial charge in [0.2, 0.25) is 0 Å². The first kappa shape index (κ1) is 33.6. The van der Waals surface area contributed by atoms with Gasteiger partial charge < -0.3 is 24.8 Å².